The molecule has 4 rings (SSSR count). The number of benzene rings is 1. The zero-order chi connectivity index (χ0) is 13.5. The lowest BCUT2D eigenvalue weighted by Gasteiger charge is -2.33. The van der Waals surface area contributed by atoms with E-state index in [1.807, 2.05) is 12.1 Å². The Morgan fingerprint density at radius 3 is 3.10 bits per heavy atom. The minimum atomic E-state index is 0.486. The highest BCUT2D eigenvalue weighted by Crippen LogP contribution is 2.34. The molecule has 0 amide bonds. The van der Waals surface area contributed by atoms with E-state index in [0.717, 1.165) is 21.7 Å². The van der Waals surface area contributed by atoms with Crippen molar-refractivity contribution in [3.05, 3.63) is 17.2 Å². The number of anilines is 1. The molecule has 2 fully saturated rings. The van der Waals surface area contributed by atoms with Gasteiger partial charge in [0.05, 0.1) is 22.4 Å². The maximum atomic E-state index is 6.37. The van der Waals surface area contributed by atoms with Crippen LogP contribution >= 0.6 is 23.3 Å². The second-order valence-electron chi connectivity index (χ2n) is 5.69. The van der Waals surface area contributed by atoms with E-state index in [-0.39, 0.29) is 0 Å². The SMILES string of the molecule is Clc1ccc2nsnc2c1NC1CCN2CCCCC12. The summed E-state index contributed by atoms with van der Waals surface area (Å²) in [5.41, 5.74) is 2.81. The quantitative estimate of drug-likeness (QED) is 0.923. The van der Waals surface area contributed by atoms with E-state index in [9.17, 15) is 0 Å². The van der Waals surface area contributed by atoms with Crippen LogP contribution in [0.25, 0.3) is 11.0 Å². The van der Waals surface area contributed by atoms with Crippen molar-refractivity contribution in [2.45, 2.75) is 37.8 Å². The summed E-state index contributed by atoms with van der Waals surface area (Å²) in [5, 5.41) is 4.42. The van der Waals surface area contributed by atoms with Crippen molar-refractivity contribution in [1.29, 1.82) is 0 Å². The molecule has 20 heavy (non-hydrogen) atoms. The third-order valence-corrected chi connectivity index (χ3v) is 5.42. The monoisotopic (exact) mass is 308 g/mol. The summed E-state index contributed by atoms with van der Waals surface area (Å²) in [6.07, 6.45) is 5.17. The first kappa shape index (κ1) is 12.8. The summed E-state index contributed by atoms with van der Waals surface area (Å²) in [7, 11) is 0. The predicted molar refractivity (Wildman–Crippen MR) is 83.7 cm³/mol. The van der Waals surface area contributed by atoms with E-state index in [4.69, 9.17) is 11.6 Å². The van der Waals surface area contributed by atoms with Crippen LogP contribution < -0.4 is 5.32 Å². The first-order valence-corrected chi connectivity index (χ1v) is 8.35. The number of nitrogens with zero attached hydrogens (tertiary/aromatic N) is 3. The summed E-state index contributed by atoms with van der Waals surface area (Å²) < 4.78 is 8.69. The van der Waals surface area contributed by atoms with Gasteiger partial charge in [0.15, 0.2) is 0 Å². The average molecular weight is 309 g/mol. The van der Waals surface area contributed by atoms with E-state index in [0.29, 0.717) is 12.1 Å². The molecule has 4 nitrogen and oxygen atoms in total. The summed E-state index contributed by atoms with van der Waals surface area (Å²) in [5.74, 6) is 0. The molecule has 0 bridgehead atoms. The minimum absolute atomic E-state index is 0.486. The predicted octanol–water partition coefficient (Wildman–Crippen LogP) is 3.38. The molecule has 2 unspecified atom stereocenters. The van der Waals surface area contributed by atoms with Crippen LogP contribution in [0, 0.1) is 0 Å². The van der Waals surface area contributed by atoms with Gasteiger partial charge in [-0.15, -0.1) is 0 Å². The van der Waals surface area contributed by atoms with Crippen molar-refractivity contribution < 1.29 is 0 Å². The van der Waals surface area contributed by atoms with E-state index in [2.05, 4.69) is 19.0 Å². The highest BCUT2D eigenvalue weighted by atomic mass is 35.5. The standard InChI is InChI=1S/C14H17ClN4S/c15-9-4-5-11-14(18-20-17-11)13(9)16-10-6-8-19-7-2-1-3-12(10)19/h4-5,10,12,16H,1-3,6-8H2. The molecule has 0 aliphatic carbocycles. The molecule has 6 heteroatoms. The highest BCUT2D eigenvalue weighted by molar-refractivity contribution is 7.00. The zero-order valence-electron chi connectivity index (χ0n) is 11.2. The first-order chi connectivity index (χ1) is 9.83. The molecule has 2 saturated heterocycles. The molecule has 2 aliphatic heterocycles. The van der Waals surface area contributed by atoms with Crippen LogP contribution in [-0.2, 0) is 0 Å². The van der Waals surface area contributed by atoms with Gasteiger partial charge < -0.3 is 5.32 Å². The number of piperidine rings is 1. The molecule has 2 aromatic rings. The normalized spacial score (nSPS) is 26.9. The van der Waals surface area contributed by atoms with Crippen LogP contribution in [0.1, 0.15) is 25.7 Å². The van der Waals surface area contributed by atoms with Gasteiger partial charge >= 0.3 is 0 Å². The number of fused-ring (bicyclic) bond motifs is 2. The highest BCUT2D eigenvalue weighted by Gasteiger charge is 2.35. The molecule has 0 spiro atoms. The van der Waals surface area contributed by atoms with Gasteiger partial charge in [-0.05, 0) is 37.9 Å². The maximum absolute atomic E-state index is 6.37. The molecule has 1 N–H and O–H groups in total. The number of rotatable bonds is 2. The number of hydrogen-bond acceptors (Lipinski definition) is 5. The second kappa shape index (κ2) is 5.13. The topological polar surface area (TPSA) is 41.1 Å². The van der Waals surface area contributed by atoms with E-state index in [1.54, 1.807) is 0 Å². The summed E-state index contributed by atoms with van der Waals surface area (Å²) in [6, 6.07) is 5.00. The van der Waals surface area contributed by atoms with Gasteiger partial charge in [-0.25, -0.2) is 0 Å². The Labute approximate surface area is 127 Å². The summed E-state index contributed by atoms with van der Waals surface area (Å²) in [6.45, 7) is 2.45. The lowest BCUT2D eigenvalue weighted by atomic mass is 9.99. The molecule has 1 aromatic carbocycles. The largest absolute Gasteiger partial charge is 0.378 e. The van der Waals surface area contributed by atoms with Crippen molar-refractivity contribution in [1.82, 2.24) is 13.6 Å². The lowest BCUT2D eigenvalue weighted by Crippen LogP contribution is -2.41. The Kier molecular flexibility index (Phi) is 3.28. The summed E-state index contributed by atoms with van der Waals surface area (Å²) >= 11 is 7.62. The van der Waals surface area contributed by atoms with Gasteiger partial charge in [-0.3, -0.25) is 4.90 Å². The van der Waals surface area contributed by atoms with Crippen LogP contribution in [-0.4, -0.2) is 38.8 Å². The Bertz CT molecular complexity index is 629. The first-order valence-electron chi connectivity index (χ1n) is 7.24. The molecule has 0 radical (unpaired) electrons. The molecule has 2 atom stereocenters. The molecule has 2 aliphatic rings. The minimum Gasteiger partial charge on any atom is -0.378 e. The Morgan fingerprint density at radius 2 is 2.15 bits per heavy atom. The third kappa shape index (κ3) is 2.08. The third-order valence-electron chi connectivity index (χ3n) is 4.56. The molecule has 106 valence electrons. The smallest absolute Gasteiger partial charge is 0.129 e. The van der Waals surface area contributed by atoms with Crippen LogP contribution in [0.5, 0.6) is 0 Å². The molecule has 1 aromatic heterocycles. The van der Waals surface area contributed by atoms with Gasteiger partial charge in [0.2, 0.25) is 0 Å². The van der Waals surface area contributed by atoms with Gasteiger partial charge in [0.1, 0.15) is 11.0 Å². The van der Waals surface area contributed by atoms with Crippen LogP contribution in [0.2, 0.25) is 5.02 Å². The van der Waals surface area contributed by atoms with Gasteiger partial charge in [-0.2, -0.15) is 8.75 Å². The van der Waals surface area contributed by atoms with Crippen molar-refractivity contribution in [3.8, 4) is 0 Å². The van der Waals surface area contributed by atoms with Crippen molar-refractivity contribution >= 4 is 40.0 Å². The number of nitrogens with one attached hydrogen (secondary N) is 1. The maximum Gasteiger partial charge on any atom is 0.129 e. The van der Waals surface area contributed by atoms with Gasteiger partial charge in [0.25, 0.3) is 0 Å². The van der Waals surface area contributed by atoms with E-state index >= 15 is 0 Å². The fourth-order valence-corrected chi connectivity index (χ4v) is 4.31. The number of aromatic nitrogens is 2. The van der Waals surface area contributed by atoms with E-state index in [1.165, 1.54) is 50.5 Å². The summed E-state index contributed by atoms with van der Waals surface area (Å²) in [4.78, 5) is 2.62. The second-order valence-corrected chi connectivity index (χ2v) is 6.63. The fraction of sp³-hybridized carbons (Fsp3) is 0.571. The Hall–Kier alpha value is -0.910. The van der Waals surface area contributed by atoms with E-state index < -0.39 is 0 Å². The van der Waals surface area contributed by atoms with Crippen molar-refractivity contribution in [3.63, 3.8) is 0 Å². The van der Waals surface area contributed by atoms with Crippen molar-refractivity contribution in [2.75, 3.05) is 18.4 Å². The van der Waals surface area contributed by atoms with Crippen LogP contribution in [0.15, 0.2) is 12.1 Å². The molecule has 0 saturated carbocycles. The Morgan fingerprint density at radius 1 is 1.20 bits per heavy atom. The fourth-order valence-electron chi connectivity index (χ4n) is 3.57. The molecular formula is C14H17ClN4S. The number of hydrogen-bond donors (Lipinski definition) is 1. The van der Waals surface area contributed by atoms with Gasteiger partial charge in [0, 0.05) is 18.6 Å². The Balaban J connectivity index is 1.64. The van der Waals surface area contributed by atoms with Crippen LogP contribution in [0.4, 0.5) is 5.69 Å². The van der Waals surface area contributed by atoms with Gasteiger partial charge in [-0.1, -0.05) is 18.0 Å². The van der Waals surface area contributed by atoms with Crippen LogP contribution in [0.3, 0.4) is 0 Å². The lowest BCUT2D eigenvalue weighted by molar-refractivity contribution is 0.193. The molecule has 3 heterocycles. The number of halogens is 1. The van der Waals surface area contributed by atoms with Crippen molar-refractivity contribution in [2.24, 2.45) is 0 Å². The average Bonchev–Trinajstić information content (AvgIpc) is 3.09. The molecular weight excluding hydrogens is 292 g/mol. The zero-order valence-corrected chi connectivity index (χ0v) is 12.8.